The summed E-state index contributed by atoms with van der Waals surface area (Å²) in [6.45, 7) is 1.76. The molecule has 102 valence electrons. The summed E-state index contributed by atoms with van der Waals surface area (Å²) in [5, 5.41) is 0. The first kappa shape index (κ1) is 13.1. The lowest BCUT2D eigenvalue weighted by Gasteiger charge is -2.10. The quantitative estimate of drug-likeness (QED) is 0.730. The Labute approximate surface area is 122 Å². The van der Waals surface area contributed by atoms with Gasteiger partial charge in [0.1, 0.15) is 11.6 Å². The molecule has 1 heterocycles. The molecule has 0 saturated heterocycles. The molecule has 0 aliphatic rings. The van der Waals surface area contributed by atoms with Crippen molar-refractivity contribution in [1.82, 2.24) is 9.55 Å². The molecule has 0 saturated carbocycles. The summed E-state index contributed by atoms with van der Waals surface area (Å²) >= 11 is 3.12. The summed E-state index contributed by atoms with van der Waals surface area (Å²) in [5.41, 5.74) is 8.39. The molecule has 0 aliphatic heterocycles. The number of aromatic nitrogens is 2. The van der Waals surface area contributed by atoms with Crippen LogP contribution in [0.5, 0.6) is 0 Å². The van der Waals surface area contributed by atoms with Gasteiger partial charge in [-0.25, -0.2) is 13.8 Å². The van der Waals surface area contributed by atoms with Gasteiger partial charge in [0.15, 0.2) is 0 Å². The van der Waals surface area contributed by atoms with Gasteiger partial charge in [0, 0.05) is 6.07 Å². The lowest BCUT2D eigenvalue weighted by atomic mass is 10.2. The number of nitrogens with zero attached hydrogens (tertiary/aromatic N) is 2. The summed E-state index contributed by atoms with van der Waals surface area (Å²) in [6.07, 6.45) is 0. The molecule has 3 aromatic rings. The Kier molecular flexibility index (Phi) is 2.97. The van der Waals surface area contributed by atoms with Crippen molar-refractivity contribution < 1.29 is 8.78 Å². The van der Waals surface area contributed by atoms with Gasteiger partial charge in [-0.15, -0.1) is 0 Å². The van der Waals surface area contributed by atoms with E-state index in [1.165, 1.54) is 18.2 Å². The number of imidazole rings is 1. The van der Waals surface area contributed by atoms with Crippen molar-refractivity contribution >= 4 is 32.9 Å². The van der Waals surface area contributed by atoms with E-state index in [9.17, 15) is 8.78 Å². The SMILES string of the molecule is Cc1cc(F)ccc1-n1c(N)nc2cc(Br)c(F)cc21. The average Bonchev–Trinajstić information content (AvgIpc) is 2.66. The summed E-state index contributed by atoms with van der Waals surface area (Å²) in [5.74, 6) is -0.506. The fraction of sp³-hybridized carbons (Fsp3) is 0.0714. The molecule has 6 heteroatoms. The molecule has 1 aromatic heterocycles. The zero-order valence-electron chi connectivity index (χ0n) is 10.5. The molecule has 0 aliphatic carbocycles. The fourth-order valence-electron chi connectivity index (χ4n) is 2.21. The first-order valence-corrected chi connectivity index (χ1v) is 6.66. The number of fused-ring (bicyclic) bond motifs is 1. The van der Waals surface area contributed by atoms with E-state index in [0.29, 0.717) is 26.8 Å². The summed E-state index contributed by atoms with van der Waals surface area (Å²) in [7, 11) is 0. The van der Waals surface area contributed by atoms with Crippen molar-refractivity contribution in [2.45, 2.75) is 6.92 Å². The predicted octanol–water partition coefficient (Wildman–Crippen LogP) is 3.96. The van der Waals surface area contributed by atoms with Gasteiger partial charge in [-0.2, -0.15) is 0 Å². The highest BCUT2D eigenvalue weighted by atomic mass is 79.9. The van der Waals surface area contributed by atoms with E-state index in [4.69, 9.17) is 5.73 Å². The maximum atomic E-state index is 13.7. The van der Waals surface area contributed by atoms with E-state index in [0.717, 1.165) is 0 Å². The smallest absolute Gasteiger partial charge is 0.205 e. The third kappa shape index (κ3) is 1.96. The lowest BCUT2D eigenvalue weighted by Crippen LogP contribution is -2.03. The van der Waals surface area contributed by atoms with Crippen molar-refractivity contribution in [1.29, 1.82) is 0 Å². The number of aryl methyl sites for hydroxylation is 1. The summed E-state index contributed by atoms with van der Waals surface area (Å²) in [4.78, 5) is 4.21. The highest BCUT2D eigenvalue weighted by molar-refractivity contribution is 9.10. The molecule has 0 spiro atoms. The minimum absolute atomic E-state index is 0.229. The Morgan fingerprint density at radius 2 is 1.95 bits per heavy atom. The van der Waals surface area contributed by atoms with E-state index in [1.54, 1.807) is 23.6 Å². The molecule has 0 amide bonds. The fourth-order valence-corrected chi connectivity index (χ4v) is 2.55. The Balaban J connectivity index is 2.35. The highest BCUT2D eigenvalue weighted by Gasteiger charge is 2.14. The van der Waals surface area contributed by atoms with Gasteiger partial charge >= 0.3 is 0 Å². The van der Waals surface area contributed by atoms with Crippen molar-refractivity contribution in [3.05, 3.63) is 52.0 Å². The van der Waals surface area contributed by atoms with Crippen LogP contribution in [-0.4, -0.2) is 9.55 Å². The second kappa shape index (κ2) is 4.56. The molecule has 2 aromatic carbocycles. The number of nitrogen functional groups attached to an aromatic ring is 1. The van der Waals surface area contributed by atoms with E-state index >= 15 is 0 Å². The average molecular weight is 338 g/mol. The number of hydrogen-bond donors (Lipinski definition) is 1. The van der Waals surface area contributed by atoms with Gasteiger partial charge in [0.25, 0.3) is 0 Å². The third-order valence-corrected chi connectivity index (χ3v) is 3.73. The maximum Gasteiger partial charge on any atom is 0.205 e. The zero-order chi connectivity index (χ0) is 14.4. The number of hydrogen-bond acceptors (Lipinski definition) is 2. The first-order valence-electron chi connectivity index (χ1n) is 5.87. The monoisotopic (exact) mass is 337 g/mol. The third-order valence-electron chi connectivity index (χ3n) is 3.12. The predicted molar refractivity (Wildman–Crippen MR) is 77.8 cm³/mol. The molecule has 0 fully saturated rings. The van der Waals surface area contributed by atoms with Crippen molar-refractivity contribution in [3.63, 3.8) is 0 Å². The number of anilines is 1. The summed E-state index contributed by atoms with van der Waals surface area (Å²) < 4.78 is 28.9. The Hall–Kier alpha value is -1.95. The van der Waals surface area contributed by atoms with Gasteiger partial charge in [0.2, 0.25) is 5.95 Å². The van der Waals surface area contributed by atoms with E-state index in [2.05, 4.69) is 20.9 Å². The normalized spacial score (nSPS) is 11.2. The van der Waals surface area contributed by atoms with E-state index in [-0.39, 0.29) is 11.8 Å². The lowest BCUT2D eigenvalue weighted by molar-refractivity contribution is 0.622. The van der Waals surface area contributed by atoms with Gasteiger partial charge < -0.3 is 5.73 Å². The van der Waals surface area contributed by atoms with Crippen LogP contribution in [0.3, 0.4) is 0 Å². The largest absolute Gasteiger partial charge is 0.369 e. The van der Waals surface area contributed by atoms with Gasteiger partial charge in [-0.05, 0) is 52.7 Å². The number of benzene rings is 2. The van der Waals surface area contributed by atoms with Crippen molar-refractivity contribution in [3.8, 4) is 5.69 Å². The van der Waals surface area contributed by atoms with Crippen LogP contribution in [-0.2, 0) is 0 Å². The van der Waals surface area contributed by atoms with Gasteiger partial charge in [-0.1, -0.05) is 0 Å². The first-order chi connectivity index (χ1) is 9.47. The van der Waals surface area contributed by atoms with Gasteiger partial charge in [0.05, 0.1) is 21.2 Å². The van der Waals surface area contributed by atoms with Crippen LogP contribution in [0.15, 0.2) is 34.8 Å². The van der Waals surface area contributed by atoms with Crippen LogP contribution in [0.25, 0.3) is 16.7 Å². The molecule has 3 nitrogen and oxygen atoms in total. The molecule has 0 radical (unpaired) electrons. The standard InChI is InChI=1S/C14H10BrF2N3/c1-7-4-8(16)2-3-12(7)20-13-6-10(17)9(15)5-11(13)19-14(20)18/h2-6H,1H3,(H2,18,19). The Morgan fingerprint density at radius 3 is 2.65 bits per heavy atom. The molecule has 3 rings (SSSR count). The van der Waals surface area contributed by atoms with Crippen LogP contribution < -0.4 is 5.73 Å². The maximum absolute atomic E-state index is 13.7. The second-order valence-corrected chi connectivity index (χ2v) is 5.35. The highest BCUT2D eigenvalue weighted by Crippen LogP contribution is 2.29. The topological polar surface area (TPSA) is 43.8 Å². The molecular weight excluding hydrogens is 328 g/mol. The molecule has 2 N–H and O–H groups in total. The molecular formula is C14H10BrF2N3. The van der Waals surface area contributed by atoms with E-state index < -0.39 is 5.82 Å². The van der Waals surface area contributed by atoms with Crippen LogP contribution in [0.4, 0.5) is 14.7 Å². The van der Waals surface area contributed by atoms with Crippen molar-refractivity contribution in [2.24, 2.45) is 0 Å². The van der Waals surface area contributed by atoms with E-state index in [1.807, 2.05) is 0 Å². The van der Waals surface area contributed by atoms with Crippen LogP contribution in [0, 0.1) is 18.6 Å². The van der Waals surface area contributed by atoms with Crippen molar-refractivity contribution in [2.75, 3.05) is 5.73 Å². The number of rotatable bonds is 1. The molecule has 0 atom stereocenters. The number of halogens is 3. The van der Waals surface area contributed by atoms with Crippen LogP contribution in [0.1, 0.15) is 5.56 Å². The Morgan fingerprint density at radius 1 is 1.20 bits per heavy atom. The second-order valence-electron chi connectivity index (χ2n) is 4.49. The van der Waals surface area contributed by atoms with Crippen LogP contribution in [0.2, 0.25) is 0 Å². The minimum atomic E-state index is -0.404. The Bertz CT molecular complexity index is 827. The molecule has 20 heavy (non-hydrogen) atoms. The zero-order valence-corrected chi connectivity index (χ0v) is 12.1. The van der Waals surface area contributed by atoms with Gasteiger partial charge in [-0.3, -0.25) is 4.57 Å². The molecule has 0 unspecified atom stereocenters. The summed E-state index contributed by atoms with van der Waals surface area (Å²) in [6, 6.07) is 7.25. The van der Waals surface area contributed by atoms with Crippen LogP contribution >= 0.6 is 15.9 Å². The minimum Gasteiger partial charge on any atom is -0.369 e. The molecule has 0 bridgehead atoms. The number of nitrogens with two attached hydrogens (primary N) is 1.